The first-order valence-corrected chi connectivity index (χ1v) is 9.80. The van der Waals surface area contributed by atoms with E-state index in [0.717, 1.165) is 18.8 Å². The van der Waals surface area contributed by atoms with Gasteiger partial charge in [-0.1, -0.05) is 24.3 Å². The Morgan fingerprint density at radius 2 is 1.82 bits per heavy atom. The predicted octanol–water partition coefficient (Wildman–Crippen LogP) is 1.81. The summed E-state index contributed by atoms with van der Waals surface area (Å²) in [5.41, 5.74) is 2.37. The lowest BCUT2D eigenvalue weighted by molar-refractivity contribution is -0.918. The highest BCUT2D eigenvalue weighted by molar-refractivity contribution is 5.77. The van der Waals surface area contributed by atoms with Crippen LogP contribution in [0.2, 0.25) is 0 Å². The van der Waals surface area contributed by atoms with E-state index < -0.39 is 5.82 Å². The molecular formula is C22H29FN3O2+. The lowest BCUT2D eigenvalue weighted by Gasteiger charge is -2.26. The van der Waals surface area contributed by atoms with Crippen molar-refractivity contribution in [2.24, 2.45) is 0 Å². The molecule has 2 N–H and O–H groups in total. The smallest absolute Gasteiger partial charge is 0.258 e. The highest BCUT2D eigenvalue weighted by Crippen LogP contribution is 2.17. The van der Waals surface area contributed by atoms with Gasteiger partial charge in [-0.25, -0.2) is 4.39 Å². The van der Waals surface area contributed by atoms with E-state index in [0.29, 0.717) is 6.54 Å². The molecule has 0 radical (unpaired) electrons. The Hall–Kier alpha value is -2.60. The summed E-state index contributed by atoms with van der Waals surface area (Å²) >= 11 is 0. The first-order valence-electron chi connectivity index (χ1n) is 9.80. The Bertz CT molecular complexity index is 774. The van der Waals surface area contributed by atoms with Crippen LogP contribution >= 0.6 is 0 Å². The van der Waals surface area contributed by atoms with Crippen LogP contribution in [0.25, 0.3) is 0 Å². The second-order valence-corrected chi connectivity index (χ2v) is 7.43. The number of rotatable bonds is 8. The van der Waals surface area contributed by atoms with Crippen molar-refractivity contribution in [3.8, 4) is 5.75 Å². The lowest BCUT2D eigenvalue weighted by Crippen LogP contribution is -3.11. The Kier molecular flexibility index (Phi) is 6.87. The van der Waals surface area contributed by atoms with E-state index in [4.69, 9.17) is 4.74 Å². The van der Waals surface area contributed by atoms with Crippen LogP contribution in [0.4, 0.5) is 10.1 Å². The van der Waals surface area contributed by atoms with Gasteiger partial charge in [0.1, 0.15) is 6.04 Å². The third-order valence-electron chi connectivity index (χ3n) is 5.25. The molecule has 150 valence electrons. The largest absolute Gasteiger partial charge is 0.481 e. The molecule has 3 rings (SSSR count). The fourth-order valence-electron chi connectivity index (χ4n) is 3.65. The number of carbonyl (C=O) groups is 1. The summed E-state index contributed by atoms with van der Waals surface area (Å²) < 4.78 is 18.9. The topological polar surface area (TPSA) is 46.0 Å². The van der Waals surface area contributed by atoms with Gasteiger partial charge in [-0.15, -0.1) is 0 Å². The number of quaternary nitrogens is 1. The molecular weight excluding hydrogens is 357 g/mol. The lowest BCUT2D eigenvalue weighted by atomic mass is 10.0. The number of para-hydroxylation sites is 1. The number of halogens is 1. The quantitative estimate of drug-likeness (QED) is 0.727. The highest BCUT2D eigenvalue weighted by atomic mass is 19.1. The van der Waals surface area contributed by atoms with Crippen molar-refractivity contribution in [2.45, 2.75) is 18.9 Å². The molecule has 5 nitrogen and oxygen atoms in total. The van der Waals surface area contributed by atoms with Gasteiger partial charge in [0.15, 0.2) is 18.2 Å². The van der Waals surface area contributed by atoms with Gasteiger partial charge in [0, 0.05) is 38.2 Å². The van der Waals surface area contributed by atoms with Crippen LogP contribution in [0.15, 0.2) is 48.5 Å². The summed E-state index contributed by atoms with van der Waals surface area (Å²) in [5, 5.41) is 2.97. The SMILES string of the molecule is CN(C)c1ccc([C@@H](CNC(=O)COc2ccccc2F)[NH+]2CCCC2)cc1. The third-order valence-corrected chi connectivity index (χ3v) is 5.25. The number of ether oxygens (including phenoxy) is 1. The number of hydrogen-bond donors (Lipinski definition) is 2. The first kappa shape index (κ1) is 20.1. The van der Waals surface area contributed by atoms with Crippen molar-refractivity contribution in [1.29, 1.82) is 0 Å². The van der Waals surface area contributed by atoms with Crippen LogP contribution in [-0.2, 0) is 4.79 Å². The minimum Gasteiger partial charge on any atom is -0.481 e. The molecule has 1 atom stereocenters. The number of benzene rings is 2. The van der Waals surface area contributed by atoms with E-state index >= 15 is 0 Å². The maximum atomic E-state index is 13.6. The van der Waals surface area contributed by atoms with Crippen molar-refractivity contribution in [2.75, 3.05) is 45.2 Å². The molecule has 1 saturated heterocycles. The van der Waals surface area contributed by atoms with E-state index in [2.05, 4.69) is 34.5 Å². The van der Waals surface area contributed by atoms with Crippen LogP contribution < -0.4 is 19.9 Å². The molecule has 1 heterocycles. The molecule has 0 spiro atoms. The van der Waals surface area contributed by atoms with Crippen molar-refractivity contribution >= 4 is 11.6 Å². The first-order chi connectivity index (χ1) is 13.5. The van der Waals surface area contributed by atoms with Crippen LogP contribution in [0.1, 0.15) is 24.4 Å². The normalized spacial score (nSPS) is 15.2. The van der Waals surface area contributed by atoms with Crippen molar-refractivity contribution < 1.29 is 18.8 Å². The summed E-state index contributed by atoms with van der Waals surface area (Å²) in [5.74, 6) is -0.605. The minimum atomic E-state index is -0.462. The zero-order chi connectivity index (χ0) is 19.9. The molecule has 1 aliphatic rings. The second-order valence-electron chi connectivity index (χ2n) is 7.43. The van der Waals surface area contributed by atoms with Gasteiger partial charge in [-0.2, -0.15) is 0 Å². The monoisotopic (exact) mass is 386 g/mol. The van der Waals surface area contributed by atoms with Gasteiger partial charge in [0.2, 0.25) is 0 Å². The third kappa shape index (κ3) is 5.23. The molecule has 0 aromatic heterocycles. The molecule has 0 bridgehead atoms. The maximum Gasteiger partial charge on any atom is 0.258 e. The zero-order valence-corrected chi connectivity index (χ0v) is 16.6. The summed E-state index contributed by atoms with van der Waals surface area (Å²) in [4.78, 5) is 15.8. The number of amides is 1. The van der Waals surface area contributed by atoms with Gasteiger partial charge in [-0.05, 0) is 24.3 Å². The number of nitrogens with zero attached hydrogens (tertiary/aromatic N) is 1. The maximum absolute atomic E-state index is 13.6. The number of hydrogen-bond acceptors (Lipinski definition) is 3. The molecule has 0 saturated carbocycles. The number of anilines is 1. The number of nitrogens with one attached hydrogen (secondary N) is 2. The molecule has 0 aliphatic carbocycles. The van der Waals surface area contributed by atoms with Gasteiger partial charge >= 0.3 is 0 Å². The van der Waals surface area contributed by atoms with Gasteiger partial charge in [0.05, 0.1) is 19.6 Å². The van der Waals surface area contributed by atoms with Crippen LogP contribution in [0.5, 0.6) is 5.75 Å². The standard InChI is InChI=1S/C22H28FN3O2/c1-25(2)18-11-9-17(10-12-18)20(26-13-5-6-14-26)15-24-22(27)16-28-21-8-4-3-7-19(21)23/h3-4,7-12,20H,5-6,13-16H2,1-2H3,(H,24,27)/p+1/t20-/m1/s1. The Morgan fingerprint density at radius 3 is 2.46 bits per heavy atom. The fourth-order valence-corrected chi connectivity index (χ4v) is 3.65. The highest BCUT2D eigenvalue weighted by Gasteiger charge is 2.27. The van der Waals surface area contributed by atoms with Crippen LogP contribution in [-0.4, -0.2) is 46.2 Å². The van der Waals surface area contributed by atoms with E-state index in [1.54, 1.807) is 12.1 Å². The predicted molar refractivity (Wildman–Crippen MR) is 108 cm³/mol. The summed E-state index contributed by atoms with van der Waals surface area (Å²) in [7, 11) is 4.04. The average molecular weight is 386 g/mol. The second kappa shape index (κ2) is 9.55. The van der Waals surface area contributed by atoms with E-state index in [9.17, 15) is 9.18 Å². The van der Waals surface area contributed by atoms with E-state index in [-0.39, 0.29) is 24.3 Å². The molecule has 2 aromatic rings. The number of likely N-dealkylation sites (tertiary alicyclic amines) is 1. The van der Waals surface area contributed by atoms with Crippen LogP contribution in [0, 0.1) is 5.82 Å². The summed E-state index contributed by atoms with van der Waals surface area (Å²) in [6.07, 6.45) is 2.43. The van der Waals surface area contributed by atoms with E-state index in [1.165, 1.54) is 35.4 Å². The van der Waals surface area contributed by atoms with E-state index in [1.807, 2.05) is 14.1 Å². The molecule has 0 unspecified atom stereocenters. The Balaban J connectivity index is 1.60. The Morgan fingerprint density at radius 1 is 1.14 bits per heavy atom. The van der Waals surface area contributed by atoms with Crippen molar-refractivity contribution in [3.05, 3.63) is 59.9 Å². The molecule has 28 heavy (non-hydrogen) atoms. The molecule has 1 amide bonds. The van der Waals surface area contributed by atoms with Crippen molar-refractivity contribution in [3.63, 3.8) is 0 Å². The molecule has 6 heteroatoms. The summed E-state index contributed by atoms with van der Waals surface area (Å²) in [6, 6.07) is 14.8. The van der Waals surface area contributed by atoms with Gasteiger partial charge < -0.3 is 19.9 Å². The molecule has 1 aliphatic heterocycles. The van der Waals surface area contributed by atoms with Gasteiger partial charge in [-0.3, -0.25) is 4.79 Å². The fraction of sp³-hybridized carbons (Fsp3) is 0.409. The zero-order valence-electron chi connectivity index (χ0n) is 16.6. The van der Waals surface area contributed by atoms with Crippen molar-refractivity contribution in [1.82, 2.24) is 5.32 Å². The Labute approximate surface area is 166 Å². The minimum absolute atomic E-state index is 0.0960. The molecule has 1 fully saturated rings. The average Bonchev–Trinajstić information content (AvgIpc) is 3.22. The molecule has 2 aromatic carbocycles. The van der Waals surface area contributed by atoms with Crippen LogP contribution in [0.3, 0.4) is 0 Å². The van der Waals surface area contributed by atoms with Gasteiger partial charge in [0.25, 0.3) is 5.91 Å². The number of carbonyl (C=O) groups excluding carboxylic acids is 1. The summed E-state index contributed by atoms with van der Waals surface area (Å²) in [6.45, 7) is 2.57.